The van der Waals surface area contributed by atoms with Crippen LogP contribution in [0.3, 0.4) is 0 Å². The van der Waals surface area contributed by atoms with E-state index >= 15 is 0 Å². The highest BCUT2D eigenvalue weighted by Crippen LogP contribution is 2.35. The first-order valence-corrected chi connectivity index (χ1v) is 18.6. The second-order valence-electron chi connectivity index (χ2n) is 14.7. The molecule has 0 radical (unpaired) electrons. The monoisotopic (exact) mass is 883 g/mol. The normalized spacial score (nSPS) is 50.2. The summed E-state index contributed by atoms with van der Waals surface area (Å²) in [4.78, 5) is 23.5. The molecular weight excluding hydrogens is 830 g/mol. The Labute approximate surface area is 338 Å². The fraction of sp³-hybridized carbons (Fsp3) is 0.938. The van der Waals surface area contributed by atoms with Crippen LogP contribution in [-0.2, 0) is 52.2 Å². The van der Waals surface area contributed by atoms with Crippen LogP contribution in [0.5, 0.6) is 0 Å². The van der Waals surface area contributed by atoms with Crippen molar-refractivity contribution in [3.05, 3.63) is 0 Å². The lowest BCUT2D eigenvalue weighted by molar-refractivity contribution is -0.392. The Hall–Kier alpha value is -2.02. The molecule has 0 aromatic rings. The number of aliphatic hydroxyl groups excluding tert-OH is 15. The van der Waals surface area contributed by atoms with Crippen molar-refractivity contribution in [2.24, 2.45) is 0 Å². The fourth-order valence-corrected chi connectivity index (χ4v) is 7.40. The number of carboxylic acids is 1. The third kappa shape index (κ3) is 10.0. The van der Waals surface area contributed by atoms with Crippen molar-refractivity contribution in [1.82, 2.24) is 5.32 Å². The number of hydrogen-bond acceptors (Lipinski definition) is 26. The molecule has 1 amide bonds. The first-order chi connectivity index (χ1) is 28.3. The number of carbonyl (C=O) groups is 2. The summed E-state index contributed by atoms with van der Waals surface area (Å²) >= 11 is 0. The third-order valence-electron chi connectivity index (χ3n) is 10.7. The zero-order chi connectivity index (χ0) is 44.5. The van der Waals surface area contributed by atoms with Gasteiger partial charge in [-0.3, -0.25) is 4.79 Å². The zero-order valence-electron chi connectivity index (χ0n) is 31.4. The van der Waals surface area contributed by atoms with Crippen LogP contribution in [0.25, 0.3) is 0 Å². The topological polar surface area (TPSA) is 453 Å². The van der Waals surface area contributed by atoms with Crippen molar-refractivity contribution in [3.63, 3.8) is 0 Å². The van der Waals surface area contributed by atoms with Crippen LogP contribution in [0, 0.1) is 0 Å². The van der Waals surface area contributed by atoms with Gasteiger partial charge in [0.2, 0.25) is 5.91 Å². The second-order valence-corrected chi connectivity index (χ2v) is 14.7. The SMILES string of the molecule is CC(=O)N[C@@H]1[C@@H](O[C@@H]2O[C@H](CO)[C@@H](O)[C@H](O[C@H]3O[C@H](CO)[C@@H](O)[C@H](O[C@H]4O[C@H](CO)[C@@H](O)[C@H](O[C@H]5O[C@H](C(=O)O)[C@H](O)[C@H](O)[C@H]5O)[C@@H]4O)[C@@H]3O)[C@@H]2O)[C@H](O)[C@@H](CO)O[C@@H]1O. The van der Waals surface area contributed by atoms with Crippen LogP contribution < -0.4 is 5.32 Å². The minimum absolute atomic E-state index is 0.731. The van der Waals surface area contributed by atoms with Crippen molar-refractivity contribution < 1.29 is 134 Å². The van der Waals surface area contributed by atoms with Crippen LogP contribution in [0.2, 0.25) is 0 Å². The van der Waals surface area contributed by atoms with Crippen molar-refractivity contribution >= 4 is 11.9 Å². The Morgan fingerprint density at radius 3 is 1.13 bits per heavy atom. The van der Waals surface area contributed by atoms with Gasteiger partial charge in [-0.15, -0.1) is 0 Å². The summed E-state index contributed by atoms with van der Waals surface area (Å²) in [5.41, 5.74) is 0. The van der Waals surface area contributed by atoms with Crippen molar-refractivity contribution in [2.75, 3.05) is 26.4 Å². The van der Waals surface area contributed by atoms with Crippen LogP contribution >= 0.6 is 0 Å². The standard InChI is InChI=1S/C32H53NO27/c1-6(38)33-11-22(12(39)7(2-34)52-28(11)51)56-30-19(46)24(14(41)8(3-35)53-30)58-32-21(48)25(15(42)10(5-37)55-32)59-31-20(47)23(13(40)9(4-36)54-31)57-29-18(45)16(43)17(44)26(60-29)27(49)50/h7-26,28-32,34-37,39-48,51H,2-5H2,1H3,(H,33,38)(H,49,50)/t7-,8-,9-,10-,11-,12-,13-,14-,15-,16+,17-,18-,19+,20+,21+,22-,23+,24+,25+,26+,28+,29+,30+,31-,32-/m1/s1. The molecule has 5 aliphatic rings. The smallest absolute Gasteiger partial charge is 0.335 e. The van der Waals surface area contributed by atoms with Gasteiger partial charge < -0.3 is 130 Å². The lowest BCUT2D eigenvalue weighted by atomic mass is 9.94. The maximum Gasteiger partial charge on any atom is 0.335 e. The highest BCUT2D eigenvalue weighted by molar-refractivity contribution is 5.73. The number of aliphatic carboxylic acids is 1. The lowest BCUT2D eigenvalue weighted by Crippen LogP contribution is -2.69. The molecule has 28 nitrogen and oxygen atoms in total. The van der Waals surface area contributed by atoms with Gasteiger partial charge in [0, 0.05) is 6.92 Å². The van der Waals surface area contributed by atoms with E-state index < -0.39 is 192 Å². The predicted molar refractivity (Wildman–Crippen MR) is 179 cm³/mol. The van der Waals surface area contributed by atoms with Crippen molar-refractivity contribution in [1.29, 1.82) is 0 Å². The van der Waals surface area contributed by atoms with Gasteiger partial charge in [-0.2, -0.15) is 0 Å². The average Bonchev–Trinajstić information content (AvgIpc) is 3.21. The molecule has 348 valence electrons. The molecule has 5 fully saturated rings. The quantitative estimate of drug-likeness (QED) is 0.0770. The number of carbonyl (C=O) groups excluding carboxylic acids is 1. The maximum atomic E-state index is 11.9. The van der Waals surface area contributed by atoms with E-state index in [1.54, 1.807) is 0 Å². The molecule has 5 heterocycles. The molecule has 28 heteroatoms. The highest BCUT2D eigenvalue weighted by atomic mass is 16.8. The Bertz CT molecular complexity index is 1400. The number of nitrogens with one attached hydrogen (secondary N) is 1. The molecular formula is C32H53NO27. The van der Waals surface area contributed by atoms with Gasteiger partial charge in [0.05, 0.1) is 26.4 Å². The Kier molecular flexibility index (Phi) is 16.9. The van der Waals surface area contributed by atoms with Crippen LogP contribution in [0.4, 0.5) is 0 Å². The van der Waals surface area contributed by atoms with Crippen LogP contribution in [0.15, 0.2) is 0 Å². The summed E-state index contributed by atoms with van der Waals surface area (Å²) in [5.74, 6) is -2.52. The molecule has 17 N–H and O–H groups in total. The minimum Gasteiger partial charge on any atom is -0.479 e. The van der Waals surface area contributed by atoms with Gasteiger partial charge in [-0.1, -0.05) is 0 Å². The molecule has 25 atom stereocenters. The second kappa shape index (κ2) is 20.7. The summed E-state index contributed by atoms with van der Waals surface area (Å²) in [6.07, 6.45) is -47.6. The molecule has 0 aromatic heterocycles. The highest BCUT2D eigenvalue weighted by Gasteiger charge is 2.57. The van der Waals surface area contributed by atoms with Crippen LogP contribution in [0.1, 0.15) is 6.92 Å². The predicted octanol–water partition coefficient (Wildman–Crippen LogP) is -11.7. The van der Waals surface area contributed by atoms with Gasteiger partial charge in [-0.05, 0) is 0 Å². The van der Waals surface area contributed by atoms with E-state index in [9.17, 15) is 91.3 Å². The molecule has 5 aliphatic heterocycles. The molecule has 5 saturated heterocycles. The van der Waals surface area contributed by atoms with Gasteiger partial charge in [-0.25, -0.2) is 4.79 Å². The molecule has 0 aromatic carbocycles. The van der Waals surface area contributed by atoms with Gasteiger partial charge in [0.15, 0.2) is 37.6 Å². The van der Waals surface area contributed by atoms with E-state index in [0.717, 1.165) is 6.92 Å². The lowest BCUT2D eigenvalue weighted by Gasteiger charge is -2.49. The summed E-state index contributed by atoms with van der Waals surface area (Å²) in [6, 6.07) is -1.54. The first kappa shape index (κ1) is 49.0. The van der Waals surface area contributed by atoms with E-state index in [-0.39, 0.29) is 0 Å². The molecule has 60 heavy (non-hydrogen) atoms. The van der Waals surface area contributed by atoms with Crippen molar-refractivity contribution in [3.8, 4) is 0 Å². The largest absolute Gasteiger partial charge is 0.479 e. The number of amides is 1. The van der Waals surface area contributed by atoms with Gasteiger partial charge in [0.25, 0.3) is 0 Å². The van der Waals surface area contributed by atoms with Gasteiger partial charge >= 0.3 is 5.97 Å². The molecule has 0 bridgehead atoms. The van der Waals surface area contributed by atoms with E-state index in [1.165, 1.54) is 0 Å². The Morgan fingerprint density at radius 2 is 0.783 bits per heavy atom. The first-order valence-electron chi connectivity index (χ1n) is 18.6. The molecule has 0 spiro atoms. The van der Waals surface area contributed by atoms with E-state index in [4.69, 9.17) is 42.6 Å². The van der Waals surface area contributed by atoms with Crippen molar-refractivity contribution in [2.45, 2.75) is 160 Å². The van der Waals surface area contributed by atoms with Gasteiger partial charge in [0.1, 0.15) is 116 Å². The van der Waals surface area contributed by atoms with E-state index in [1.807, 2.05) is 0 Å². The maximum absolute atomic E-state index is 11.9. The Morgan fingerprint density at radius 1 is 0.450 bits per heavy atom. The molecule has 0 aliphatic carbocycles. The number of carboxylic acid groups (broad SMARTS) is 1. The number of ether oxygens (including phenoxy) is 9. The summed E-state index contributed by atoms with van der Waals surface area (Å²) in [6.45, 7) is -2.81. The summed E-state index contributed by atoms with van der Waals surface area (Å²) < 4.78 is 49.2. The number of aliphatic hydroxyl groups is 15. The zero-order valence-corrected chi connectivity index (χ0v) is 31.4. The fourth-order valence-electron chi connectivity index (χ4n) is 7.40. The average molecular weight is 884 g/mol. The summed E-state index contributed by atoms with van der Waals surface area (Å²) in [7, 11) is 0. The number of hydrogen-bond donors (Lipinski definition) is 17. The van der Waals surface area contributed by atoms with Crippen LogP contribution in [-0.4, -0.2) is 273 Å². The molecule has 0 saturated carbocycles. The summed E-state index contributed by atoms with van der Waals surface area (Å²) in [5, 5.41) is 170. The Balaban J connectivity index is 1.36. The van der Waals surface area contributed by atoms with E-state index in [2.05, 4.69) is 5.32 Å². The van der Waals surface area contributed by atoms with E-state index in [0.29, 0.717) is 0 Å². The molecule has 0 unspecified atom stereocenters. The third-order valence-corrected chi connectivity index (χ3v) is 10.7. The minimum atomic E-state index is -2.23. The molecule has 5 rings (SSSR count). The number of rotatable bonds is 14.